The van der Waals surface area contributed by atoms with E-state index in [0.717, 1.165) is 0 Å². The van der Waals surface area contributed by atoms with Crippen molar-refractivity contribution in [2.75, 3.05) is 27.2 Å². The average Bonchev–Trinajstić information content (AvgIpc) is 2.34. The first-order valence-electron chi connectivity index (χ1n) is 5.53. The van der Waals surface area contributed by atoms with E-state index in [1.807, 2.05) is 0 Å². The van der Waals surface area contributed by atoms with Gasteiger partial charge in [0.05, 0.1) is 5.56 Å². The van der Waals surface area contributed by atoms with Crippen LogP contribution in [-0.2, 0) is 0 Å². The summed E-state index contributed by atoms with van der Waals surface area (Å²) in [4.78, 5) is 24.2. The second kappa shape index (κ2) is 6.48. The smallest absolute Gasteiger partial charge is 0.316 e. The number of carbonyl (C=O) groups excluding carboxylic acids is 2. The lowest BCUT2D eigenvalue weighted by molar-refractivity contribution is 0.0951. The Bertz CT molecular complexity index is 432. The molecule has 0 unspecified atom stereocenters. The van der Waals surface area contributed by atoms with Crippen LogP contribution in [0.1, 0.15) is 10.4 Å². The topological polar surface area (TPSA) is 81.7 Å². The molecular formula is C12H17N3O3. The molecule has 1 rings (SSSR count). The van der Waals surface area contributed by atoms with Gasteiger partial charge in [0.25, 0.3) is 5.91 Å². The molecule has 0 aliphatic carbocycles. The number of urea groups is 1. The minimum Gasteiger partial charge on any atom is -0.507 e. The highest BCUT2D eigenvalue weighted by atomic mass is 16.3. The highest BCUT2D eigenvalue weighted by molar-refractivity contribution is 5.96. The second-order valence-corrected chi connectivity index (χ2v) is 3.90. The van der Waals surface area contributed by atoms with Gasteiger partial charge in [0.1, 0.15) is 5.75 Å². The van der Waals surface area contributed by atoms with Crippen molar-refractivity contribution >= 4 is 11.9 Å². The maximum absolute atomic E-state index is 11.6. The third kappa shape index (κ3) is 3.97. The van der Waals surface area contributed by atoms with Crippen molar-refractivity contribution in [3.8, 4) is 5.75 Å². The number of rotatable bonds is 4. The summed E-state index contributed by atoms with van der Waals surface area (Å²) in [7, 11) is 3.27. The predicted octanol–water partition coefficient (Wildman–Crippen LogP) is 0.393. The Balaban J connectivity index is 2.35. The maximum atomic E-state index is 11.6. The van der Waals surface area contributed by atoms with Gasteiger partial charge in [-0.2, -0.15) is 0 Å². The quantitative estimate of drug-likeness (QED) is 0.677. The van der Waals surface area contributed by atoms with E-state index in [1.165, 1.54) is 17.0 Å². The molecule has 0 bridgehead atoms. The number of nitrogens with zero attached hydrogens (tertiary/aromatic N) is 1. The van der Waals surface area contributed by atoms with Crippen LogP contribution in [0.4, 0.5) is 4.79 Å². The van der Waals surface area contributed by atoms with Crippen molar-refractivity contribution in [3.05, 3.63) is 29.8 Å². The van der Waals surface area contributed by atoms with Crippen molar-refractivity contribution in [2.45, 2.75) is 0 Å². The molecule has 0 aliphatic rings. The van der Waals surface area contributed by atoms with Crippen molar-refractivity contribution < 1.29 is 14.7 Å². The van der Waals surface area contributed by atoms with E-state index < -0.39 is 0 Å². The van der Waals surface area contributed by atoms with E-state index in [0.29, 0.717) is 13.1 Å². The molecule has 0 saturated heterocycles. The molecule has 0 aliphatic heterocycles. The van der Waals surface area contributed by atoms with Gasteiger partial charge in [0.2, 0.25) is 0 Å². The first-order chi connectivity index (χ1) is 8.52. The number of phenols is 1. The monoisotopic (exact) mass is 251 g/mol. The number of amides is 3. The van der Waals surface area contributed by atoms with Crippen LogP contribution in [0, 0.1) is 0 Å². The molecular weight excluding hydrogens is 234 g/mol. The summed E-state index contributed by atoms with van der Waals surface area (Å²) in [6, 6.07) is 6.07. The van der Waals surface area contributed by atoms with Crippen molar-refractivity contribution in [1.29, 1.82) is 0 Å². The van der Waals surface area contributed by atoms with Crippen molar-refractivity contribution in [1.82, 2.24) is 15.5 Å². The van der Waals surface area contributed by atoms with Crippen LogP contribution in [0.5, 0.6) is 5.75 Å². The van der Waals surface area contributed by atoms with Crippen LogP contribution >= 0.6 is 0 Å². The van der Waals surface area contributed by atoms with E-state index in [-0.39, 0.29) is 23.3 Å². The minimum atomic E-state index is -0.368. The molecule has 6 heteroatoms. The molecule has 3 N–H and O–H groups in total. The molecule has 0 saturated carbocycles. The number of aromatic hydroxyl groups is 1. The normalized spacial score (nSPS) is 9.67. The van der Waals surface area contributed by atoms with Gasteiger partial charge in [0.15, 0.2) is 0 Å². The molecule has 0 atom stereocenters. The van der Waals surface area contributed by atoms with Gasteiger partial charge in [0, 0.05) is 27.2 Å². The lowest BCUT2D eigenvalue weighted by atomic mass is 10.2. The Kier molecular flexibility index (Phi) is 4.98. The number of hydrogen-bond acceptors (Lipinski definition) is 3. The van der Waals surface area contributed by atoms with Crippen LogP contribution in [-0.4, -0.2) is 49.1 Å². The third-order valence-electron chi connectivity index (χ3n) is 2.24. The van der Waals surface area contributed by atoms with E-state index in [1.54, 1.807) is 26.2 Å². The molecule has 0 fully saturated rings. The number of benzene rings is 1. The number of hydrogen-bond donors (Lipinski definition) is 3. The Morgan fingerprint density at radius 3 is 2.39 bits per heavy atom. The van der Waals surface area contributed by atoms with Gasteiger partial charge >= 0.3 is 6.03 Å². The van der Waals surface area contributed by atoms with Gasteiger partial charge in [-0.05, 0) is 12.1 Å². The fourth-order valence-electron chi connectivity index (χ4n) is 1.26. The second-order valence-electron chi connectivity index (χ2n) is 3.90. The molecule has 1 aromatic carbocycles. The molecule has 0 spiro atoms. The minimum absolute atomic E-state index is 0.0627. The number of phenolic OH excluding ortho intramolecular Hbond substituents is 1. The Morgan fingerprint density at radius 2 is 1.78 bits per heavy atom. The van der Waals surface area contributed by atoms with Crippen LogP contribution in [0.3, 0.4) is 0 Å². The van der Waals surface area contributed by atoms with Crippen LogP contribution in [0.2, 0.25) is 0 Å². The summed E-state index contributed by atoms with van der Waals surface area (Å²) < 4.78 is 0. The molecule has 98 valence electrons. The fourth-order valence-corrected chi connectivity index (χ4v) is 1.26. The average molecular weight is 251 g/mol. The number of nitrogens with one attached hydrogen (secondary N) is 2. The SMILES string of the molecule is CN(C)C(=O)NCCNC(=O)c1ccccc1O. The van der Waals surface area contributed by atoms with Gasteiger partial charge in [-0.3, -0.25) is 4.79 Å². The number of carbonyl (C=O) groups is 2. The zero-order valence-corrected chi connectivity index (χ0v) is 10.4. The van der Waals surface area contributed by atoms with E-state index in [2.05, 4.69) is 10.6 Å². The molecule has 6 nitrogen and oxygen atoms in total. The summed E-state index contributed by atoms with van der Waals surface area (Å²) >= 11 is 0. The van der Waals surface area contributed by atoms with Gasteiger partial charge in [-0.25, -0.2) is 4.79 Å². The zero-order valence-electron chi connectivity index (χ0n) is 10.4. The number of para-hydroxylation sites is 1. The summed E-state index contributed by atoms with van der Waals surface area (Å²) in [5.74, 6) is -0.431. The first-order valence-corrected chi connectivity index (χ1v) is 5.53. The molecule has 18 heavy (non-hydrogen) atoms. The molecule has 3 amide bonds. The summed E-state index contributed by atoms with van der Waals surface area (Å²) in [5, 5.41) is 14.7. The molecule has 1 aromatic rings. The first kappa shape index (κ1) is 13.8. The summed E-state index contributed by atoms with van der Waals surface area (Å²) in [6.45, 7) is 0.628. The Morgan fingerprint density at radius 1 is 1.17 bits per heavy atom. The highest BCUT2D eigenvalue weighted by Gasteiger charge is 2.09. The lowest BCUT2D eigenvalue weighted by Gasteiger charge is -2.12. The van der Waals surface area contributed by atoms with Gasteiger partial charge < -0.3 is 20.6 Å². The summed E-state index contributed by atoms with van der Waals surface area (Å²) in [5.41, 5.74) is 0.219. The van der Waals surface area contributed by atoms with Crippen molar-refractivity contribution in [3.63, 3.8) is 0 Å². The maximum Gasteiger partial charge on any atom is 0.316 e. The fraction of sp³-hybridized carbons (Fsp3) is 0.333. The Hall–Kier alpha value is -2.24. The van der Waals surface area contributed by atoms with E-state index in [9.17, 15) is 14.7 Å². The van der Waals surface area contributed by atoms with Crippen LogP contribution in [0.15, 0.2) is 24.3 Å². The predicted molar refractivity (Wildman–Crippen MR) is 67.5 cm³/mol. The molecule has 0 heterocycles. The highest BCUT2D eigenvalue weighted by Crippen LogP contribution is 2.14. The molecule has 0 radical (unpaired) electrons. The van der Waals surface area contributed by atoms with Gasteiger partial charge in [-0.1, -0.05) is 12.1 Å². The zero-order chi connectivity index (χ0) is 13.5. The third-order valence-corrected chi connectivity index (χ3v) is 2.24. The van der Waals surface area contributed by atoms with Crippen LogP contribution in [0.25, 0.3) is 0 Å². The van der Waals surface area contributed by atoms with E-state index >= 15 is 0 Å². The lowest BCUT2D eigenvalue weighted by Crippen LogP contribution is -2.39. The van der Waals surface area contributed by atoms with Crippen LogP contribution < -0.4 is 10.6 Å². The van der Waals surface area contributed by atoms with E-state index in [4.69, 9.17) is 0 Å². The largest absolute Gasteiger partial charge is 0.507 e. The van der Waals surface area contributed by atoms with Crippen molar-refractivity contribution in [2.24, 2.45) is 0 Å². The molecule has 0 aromatic heterocycles. The summed E-state index contributed by atoms with van der Waals surface area (Å²) in [6.07, 6.45) is 0. The Labute approximate surface area is 106 Å². The standard InChI is InChI=1S/C12H17N3O3/c1-15(2)12(18)14-8-7-13-11(17)9-5-3-4-6-10(9)16/h3-6,16H,7-8H2,1-2H3,(H,13,17)(H,14,18). The van der Waals surface area contributed by atoms with Gasteiger partial charge in [-0.15, -0.1) is 0 Å².